The highest BCUT2D eigenvalue weighted by Crippen LogP contribution is 2.23. The average Bonchev–Trinajstić information content (AvgIpc) is 2.78. The minimum absolute atomic E-state index is 0.130. The summed E-state index contributed by atoms with van der Waals surface area (Å²) in [7, 11) is 1.27. The molecule has 0 aliphatic carbocycles. The molecule has 1 aromatic rings. The van der Waals surface area contributed by atoms with Gasteiger partial charge in [0.25, 0.3) is 5.91 Å². The van der Waals surface area contributed by atoms with Crippen molar-refractivity contribution in [3.8, 4) is 0 Å². The summed E-state index contributed by atoms with van der Waals surface area (Å²) in [5.74, 6) is -0.879. The third-order valence-electron chi connectivity index (χ3n) is 3.07. The van der Waals surface area contributed by atoms with Gasteiger partial charge in [0.1, 0.15) is 5.70 Å². The Morgan fingerprint density at radius 1 is 1.43 bits per heavy atom. The van der Waals surface area contributed by atoms with Crippen molar-refractivity contribution in [1.82, 2.24) is 4.90 Å². The molecule has 0 fully saturated rings. The summed E-state index contributed by atoms with van der Waals surface area (Å²) in [6.45, 7) is 0.140. The topological polar surface area (TPSA) is 78.9 Å². The zero-order valence-electron chi connectivity index (χ0n) is 11.4. The molecule has 2 N–H and O–H groups in total. The monoisotopic (exact) mass is 354 g/mol. The SMILES string of the molecule is COC(=O)C1=C(Nc2ccc(Br)cc2)C(=O)N(CCO)C1. The highest BCUT2D eigenvalue weighted by molar-refractivity contribution is 9.10. The van der Waals surface area contributed by atoms with Crippen molar-refractivity contribution in [2.24, 2.45) is 0 Å². The number of hydrogen-bond acceptors (Lipinski definition) is 5. The number of nitrogens with one attached hydrogen (secondary N) is 1. The molecule has 2 rings (SSSR count). The second-order valence-corrected chi connectivity index (χ2v) is 5.34. The molecular formula is C14H15BrN2O4. The van der Waals surface area contributed by atoms with Crippen molar-refractivity contribution in [3.05, 3.63) is 40.0 Å². The minimum Gasteiger partial charge on any atom is -0.466 e. The molecule has 0 bridgehead atoms. The summed E-state index contributed by atoms with van der Waals surface area (Å²) in [6, 6.07) is 7.22. The molecule has 1 aliphatic heterocycles. The van der Waals surface area contributed by atoms with Crippen LogP contribution in [0, 0.1) is 0 Å². The molecule has 1 aliphatic rings. The Labute approximate surface area is 130 Å². The van der Waals surface area contributed by atoms with E-state index >= 15 is 0 Å². The molecule has 0 aromatic heterocycles. The van der Waals surface area contributed by atoms with Gasteiger partial charge in [-0.25, -0.2) is 4.79 Å². The van der Waals surface area contributed by atoms with Crippen LogP contribution in [0.5, 0.6) is 0 Å². The molecule has 0 radical (unpaired) electrons. The summed E-state index contributed by atoms with van der Waals surface area (Å²) < 4.78 is 5.62. The van der Waals surface area contributed by atoms with E-state index in [2.05, 4.69) is 21.2 Å². The number of aliphatic hydroxyl groups excluding tert-OH is 1. The lowest BCUT2D eigenvalue weighted by Gasteiger charge is -2.15. The molecule has 1 heterocycles. The fraction of sp³-hybridized carbons (Fsp3) is 0.286. The highest BCUT2D eigenvalue weighted by atomic mass is 79.9. The Hall–Kier alpha value is -1.86. The van der Waals surface area contributed by atoms with Crippen LogP contribution in [0.2, 0.25) is 0 Å². The number of halogens is 1. The van der Waals surface area contributed by atoms with Crippen LogP contribution in [0.4, 0.5) is 5.69 Å². The number of carbonyl (C=O) groups is 2. The van der Waals surface area contributed by atoms with Crippen LogP contribution < -0.4 is 5.32 Å². The number of benzene rings is 1. The Kier molecular flexibility index (Phi) is 4.98. The van der Waals surface area contributed by atoms with E-state index in [0.717, 1.165) is 4.47 Å². The predicted octanol–water partition coefficient (Wildman–Crippen LogP) is 1.12. The number of ether oxygens (including phenoxy) is 1. The normalized spacial score (nSPS) is 14.6. The maximum Gasteiger partial charge on any atom is 0.337 e. The molecule has 0 saturated heterocycles. The first-order chi connectivity index (χ1) is 10.1. The van der Waals surface area contributed by atoms with Crippen LogP contribution in [0.25, 0.3) is 0 Å². The van der Waals surface area contributed by atoms with Crippen molar-refractivity contribution in [1.29, 1.82) is 0 Å². The van der Waals surface area contributed by atoms with Gasteiger partial charge in [-0.1, -0.05) is 15.9 Å². The number of esters is 1. The molecule has 6 nitrogen and oxygen atoms in total. The lowest BCUT2D eigenvalue weighted by Crippen LogP contribution is -2.31. The lowest BCUT2D eigenvalue weighted by molar-refractivity contribution is -0.136. The first-order valence-electron chi connectivity index (χ1n) is 6.31. The van der Waals surface area contributed by atoms with Crippen LogP contribution in [0.15, 0.2) is 40.0 Å². The average molecular weight is 355 g/mol. The summed E-state index contributed by atoms with van der Waals surface area (Å²) in [4.78, 5) is 25.5. The molecule has 0 saturated carbocycles. The standard InChI is InChI=1S/C14H15BrN2O4/c1-21-14(20)11-8-17(6-7-18)13(19)12(11)16-10-4-2-9(15)3-5-10/h2-5,16,18H,6-8H2,1H3. The summed E-state index contributed by atoms with van der Waals surface area (Å²) in [6.07, 6.45) is 0. The Bertz CT molecular complexity index is 583. The predicted molar refractivity (Wildman–Crippen MR) is 80.5 cm³/mol. The van der Waals surface area contributed by atoms with E-state index in [-0.39, 0.29) is 36.9 Å². The maximum atomic E-state index is 12.3. The third kappa shape index (κ3) is 3.43. The highest BCUT2D eigenvalue weighted by Gasteiger charge is 2.34. The van der Waals surface area contributed by atoms with Gasteiger partial charge in [0.05, 0.1) is 25.8 Å². The summed E-state index contributed by atoms with van der Waals surface area (Å²) >= 11 is 3.33. The van der Waals surface area contributed by atoms with Crippen LogP contribution in [0.3, 0.4) is 0 Å². The fourth-order valence-corrected chi connectivity index (χ4v) is 2.29. The van der Waals surface area contributed by atoms with Crippen LogP contribution >= 0.6 is 15.9 Å². The van der Waals surface area contributed by atoms with Gasteiger partial charge in [-0.05, 0) is 24.3 Å². The largest absolute Gasteiger partial charge is 0.466 e. The van der Waals surface area contributed by atoms with E-state index in [1.807, 2.05) is 12.1 Å². The Morgan fingerprint density at radius 3 is 2.67 bits per heavy atom. The molecule has 1 amide bonds. The van der Waals surface area contributed by atoms with Gasteiger partial charge in [-0.15, -0.1) is 0 Å². The smallest absolute Gasteiger partial charge is 0.337 e. The van der Waals surface area contributed by atoms with Gasteiger partial charge in [-0.3, -0.25) is 4.79 Å². The minimum atomic E-state index is -0.552. The zero-order valence-corrected chi connectivity index (χ0v) is 13.0. The van der Waals surface area contributed by atoms with Crippen LogP contribution in [0.1, 0.15) is 0 Å². The number of aliphatic hydroxyl groups is 1. The fourth-order valence-electron chi connectivity index (χ4n) is 2.03. The van der Waals surface area contributed by atoms with Crippen LogP contribution in [-0.4, -0.2) is 48.7 Å². The number of anilines is 1. The molecule has 112 valence electrons. The number of nitrogens with zero attached hydrogens (tertiary/aromatic N) is 1. The number of amides is 1. The lowest BCUT2D eigenvalue weighted by atomic mass is 10.2. The van der Waals surface area contributed by atoms with Crippen molar-refractivity contribution < 1.29 is 19.4 Å². The number of methoxy groups -OCH3 is 1. The first kappa shape index (κ1) is 15.5. The molecule has 0 unspecified atom stereocenters. The second-order valence-electron chi connectivity index (χ2n) is 4.43. The first-order valence-corrected chi connectivity index (χ1v) is 7.10. The van der Waals surface area contributed by atoms with E-state index in [4.69, 9.17) is 9.84 Å². The van der Waals surface area contributed by atoms with Crippen molar-refractivity contribution >= 4 is 33.5 Å². The van der Waals surface area contributed by atoms with Crippen molar-refractivity contribution in [2.45, 2.75) is 0 Å². The van der Waals surface area contributed by atoms with Crippen LogP contribution in [-0.2, 0) is 14.3 Å². The van der Waals surface area contributed by atoms with Gasteiger partial charge in [0.2, 0.25) is 0 Å². The van der Waals surface area contributed by atoms with Gasteiger partial charge in [0.15, 0.2) is 0 Å². The number of carbonyl (C=O) groups excluding carboxylic acids is 2. The Morgan fingerprint density at radius 2 is 2.10 bits per heavy atom. The van der Waals surface area contributed by atoms with E-state index in [1.54, 1.807) is 12.1 Å². The molecule has 21 heavy (non-hydrogen) atoms. The maximum absolute atomic E-state index is 12.3. The summed E-state index contributed by atoms with van der Waals surface area (Å²) in [5.41, 5.74) is 1.14. The third-order valence-corrected chi connectivity index (χ3v) is 3.60. The molecule has 1 aromatic carbocycles. The van der Waals surface area contributed by atoms with Crippen molar-refractivity contribution in [3.63, 3.8) is 0 Å². The van der Waals surface area contributed by atoms with Gasteiger partial charge in [0, 0.05) is 16.7 Å². The van der Waals surface area contributed by atoms with E-state index in [0.29, 0.717) is 5.69 Å². The van der Waals surface area contributed by atoms with Crippen molar-refractivity contribution in [2.75, 3.05) is 32.1 Å². The number of rotatable bonds is 5. The van der Waals surface area contributed by atoms with Gasteiger partial charge < -0.3 is 20.1 Å². The molecule has 0 atom stereocenters. The molecular weight excluding hydrogens is 340 g/mol. The zero-order chi connectivity index (χ0) is 15.4. The Balaban J connectivity index is 2.28. The van der Waals surface area contributed by atoms with Gasteiger partial charge >= 0.3 is 5.97 Å². The number of hydrogen-bond donors (Lipinski definition) is 2. The second kappa shape index (κ2) is 6.73. The van der Waals surface area contributed by atoms with E-state index in [9.17, 15) is 9.59 Å². The number of β-amino-alcohol motifs (C(OH)–C–C–N with tert-alkyl or cyclic N) is 1. The quantitative estimate of drug-likeness (QED) is 0.774. The molecule has 7 heteroatoms. The summed E-state index contributed by atoms with van der Waals surface area (Å²) in [5, 5.41) is 11.9. The van der Waals surface area contributed by atoms with E-state index < -0.39 is 5.97 Å². The molecule has 0 spiro atoms. The van der Waals surface area contributed by atoms with Gasteiger partial charge in [-0.2, -0.15) is 0 Å². The van der Waals surface area contributed by atoms with E-state index in [1.165, 1.54) is 12.0 Å².